The van der Waals surface area contributed by atoms with Gasteiger partial charge in [0.1, 0.15) is 5.82 Å². The van der Waals surface area contributed by atoms with Crippen molar-refractivity contribution < 1.29 is 18.7 Å². The molecule has 0 heterocycles. The predicted octanol–water partition coefficient (Wildman–Crippen LogP) is 2.10. The van der Waals surface area contributed by atoms with Gasteiger partial charge in [0.25, 0.3) is 5.24 Å². The lowest BCUT2D eigenvalue weighted by atomic mass is 10.2. The van der Waals surface area contributed by atoms with Crippen molar-refractivity contribution in [2.75, 3.05) is 13.7 Å². The van der Waals surface area contributed by atoms with Crippen LogP contribution in [0.1, 0.15) is 23.2 Å². The minimum Gasteiger partial charge on any atom is -0.469 e. The Labute approximate surface area is 110 Å². The van der Waals surface area contributed by atoms with Gasteiger partial charge in [-0.3, -0.25) is 9.59 Å². The first kappa shape index (κ1) is 16.5. The van der Waals surface area contributed by atoms with E-state index in [1.165, 1.54) is 25.3 Å². The third kappa shape index (κ3) is 7.76. The van der Waals surface area contributed by atoms with Crippen LogP contribution in [0.5, 0.6) is 0 Å². The van der Waals surface area contributed by atoms with E-state index in [-0.39, 0.29) is 11.5 Å². The molecule has 4 nitrogen and oxygen atoms in total. The number of ether oxygens (including phenoxy) is 1. The van der Waals surface area contributed by atoms with Crippen molar-refractivity contribution in [1.29, 1.82) is 0 Å². The highest BCUT2D eigenvalue weighted by Crippen LogP contribution is 2.05. The van der Waals surface area contributed by atoms with Crippen LogP contribution in [0.2, 0.25) is 0 Å². The second-order valence-electron chi connectivity index (χ2n) is 3.25. The molecule has 100 valence electrons. The maximum Gasteiger partial charge on any atom is 0.305 e. The highest BCUT2D eigenvalue weighted by Gasteiger charge is 2.00. The molecule has 0 aliphatic heterocycles. The average Bonchev–Trinajstić information content (AvgIpc) is 2.36. The summed E-state index contributed by atoms with van der Waals surface area (Å²) >= 11 is 5.07. The van der Waals surface area contributed by atoms with Crippen LogP contribution in [0.4, 0.5) is 4.39 Å². The van der Waals surface area contributed by atoms with Gasteiger partial charge in [0.15, 0.2) is 0 Å². The summed E-state index contributed by atoms with van der Waals surface area (Å²) in [7, 11) is 1.37. The van der Waals surface area contributed by atoms with E-state index in [1.807, 2.05) is 0 Å². The summed E-state index contributed by atoms with van der Waals surface area (Å²) < 4.78 is 16.7. The van der Waals surface area contributed by atoms with Crippen molar-refractivity contribution in [2.24, 2.45) is 5.73 Å². The SMILES string of the molecule is COC(=O)CCCN.O=C(Cl)c1cccc(F)c1. The molecule has 1 rings (SSSR count). The molecule has 0 aromatic heterocycles. The van der Waals surface area contributed by atoms with E-state index in [0.29, 0.717) is 19.4 Å². The molecule has 0 radical (unpaired) electrons. The average molecular weight is 276 g/mol. The summed E-state index contributed by atoms with van der Waals surface area (Å²) in [5.41, 5.74) is 5.31. The zero-order valence-corrected chi connectivity index (χ0v) is 10.7. The molecule has 0 saturated carbocycles. The van der Waals surface area contributed by atoms with Crippen LogP contribution in [0.3, 0.4) is 0 Å². The number of esters is 1. The monoisotopic (exact) mass is 275 g/mol. The van der Waals surface area contributed by atoms with Gasteiger partial charge in [0.05, 0.1) is 7.11 Å². The summed E-state index contributed by atoms with van der Waals surface area (Å²) in [4.78, 5) is 20.7. The third-order valence-electron chi connectivity index (χ3n) is 1.86. The molecule has 0 aliphatic carbocycles. The van der Waals surface area contributed by atoms with Crippen LogP contribution in [-0.4, -0.2) is 24.9 Å². The van der Waals surface area contributed by atoms with Crippen molar-refractivity contribution in [3.05, 3.63) is 35.6 Å². The quantitative estimate of drug-likeness (QED) is 0.675. The molecule has 18 heavy (non-hydrogen) atoms. The minimum atomic E-state index is -0.639. The Bertz CT molecular complexity index is 399. The zero-order chi connectivity index (χ0) is 14.0. The zero-order valence-electron chi connectivity index (χ0n) is 9.99. The lowest BCUT2D eigenvalue weighted by molar-refractivity contribution is -0.140. The molecule has 0 unspecified atom stereocenters. The Morgan fingerprint density at radius 3 is 2.50 bits per heavy atom. The fraction of sp³-hybridized carbons (Fsp3) is 0.333. The van der Waals surface area contributed by atoms with Crippen molar-refractivity contribution >= 4 is 22.8 Å². The Morgan fingerprint density at radius 1 is 1.44 bits per heavy atom. The summed E-state index contributed by atoms with van der Waals surface area (Å²) in [5.74, 6) is -0.637. The van der Waals surface area contributed by atoms with Crippen LogP contribution in [0.15, 0.2) is 24.3 Å². The molecule has 0 aliphatic rings. The number of benzene rings is 1. The molecule has 0 amide bonds. The number of carbonyl (C=O) groups is 2. The van der Waals surface area contributed by atoms with Gasteiger partial charge in [-0.15, -0.1) is 0 Å². The molecule has 0 bridgehead atoms. The van der Waals surface area contributed by atoms with Gasteiger partial charge in [-0.2, -0.15) is 0 Å². The minimum absolute atomic E-state index is 0.182. The predicted molar refractivity (Wildman–Crippen MR) is 66.9 cm³/mol. The molecular weight excluding hydrogens is 261 g/mol. The van der Waals surface area contributed by atoms with Gasteiger partial charge < -0.3 is 10.5 Å². The van der Waals surface area contributed by atoms with Gasteiger partial charge in [-0.05, 0) is 42.8 Å². The fourth-order valence-electron chi connectivity index (χ4n) is 0.959. The van der Waals surface area contributed by atoms with Crippen molar-refractivity contribution in [2.45, 2.75) is 12.8 Å². The lowest BCUT2D eigenvalue weighted by Gasteiger charge is -1.93. The smallest absolute Gasteiger partial charge is 0.305 e. The largest absolute Gasteiger partial charge is 0.469 e. The molecule has 0 saturated heterocycles. The first-order chi connectivity index (χ1) is 8.51. The molecule has 0 fully saturated rings. The summed E-state index contributed by atoms with van der Waals surface area (Å²) in [6, 6.07) is 5.24. The Balaban J connectivity index is 0.000000331. The first-order valence-corrected chi connectivity index (χ1v) is 5.61. The number of halogens is 2. The maximum absolute atomic E-state index is 12.3. The normalized spacial score (nSPS) is 9.11. The molecule has 1 aromatic carbocycles. The van der Waals surface area contributed by atoms with Crippen LogP contribution in [0, 0.1) is 5.82 Å². The number of hydrogen-bond acceptors (Lipinski definition) is 4. The lowest BCUT2D eigenvalue weighted by Crippen LogP contribution is -2.05. The topological polar surface area (TPSA) is 69.4 Å². The van der Waals surface area contributed by atoms with E-state index in [9.17, 15) is 14.0 Å². The highest BCUT2D eigenvalue weighted by molar-refractivity contribution is 6.67. The van der Waals surface area contributed by atoms with E-state index in [0.717, 1.165) is 6.07 Å². The van der Waals surface area contributed by atoms with Gasteiger partial charge >= 0.3 is 5.97 Å². The van der Waals surface area contributed by atoms with Gasteiger partial charge in [0.2, 0.25) is 0 Å². The first-order valence-electron chi connectivity index (χ1n) is 5.23. The fourth-order valence-corrected chi connectivity index (χ4v) is 1.08. The molecule has 0 spiro atoms. The molecule has 6 heteroatoms. The second-order valence-corrected chi connectivity index (χ2v) is 3.60. The molecule has 1 aromatic rings. The number of rotatable bonds is 4. The summed E-state index contributed by atoms with van der Waals surface area (Å²) in [6.45, 7) is 0.551. The Morgan fingerprint density at radius 2 is 2.11 bits per heavy atom. The second kappa shape index (κ2) is 9.56. The van der Waals surface area contributed by atoms with Crippen molar-refractivity contribution in [1.82, 2.24) is 0 Å². The number of methoxy groups -OCH3 is 1. The van der Waals surface area contributed by atoms with Crippen molar-refractivity contribution in [3.63, 3.8) is 0 Å². The van der Waals surface area contributed by atoms with E-state index in [4.69, 9.17) is 17.3 Å². The highest BCUT2D eigenvalue weighted by atomic mass is 35.5. The van der Waals surface area contributed by atoms with Gasteiger partial charge in [0, 0.05) is 12.0 Å². The number of carbonyl (C=O) groups excluding carboxylic acids is 2. The van der Waals surface area contributed by atoms with E-state index in [1.54, 1.807) is 0 Å². The molecular formula is C12H15ClFNO3. The van der Waals surface area contributed by atoms with Crippen molar-refractivity contribution in [3.8, 4) is 0 Å². The molecule has 0 atom stereocenters. The summed E-state index contributed by atoms with van der Waals surface area (Å²) in [5, 5.41) is -0.639. The third-order valence-corrected chi connectivity index (χ3v) is 2.08. The van der Waals surface area contributed by atoms with Crippen LogP contribution in [-0.2, 0) is 9.53 Å². The number of hydrogen-bond donors (Lipinski definition) is 1. The number of nitrogens with two attached hydrogens (primary N) is 1. The molecule has 2 N–H and O–H groups in total. The van der Waals surface area contributed by atoms with E-state index < -0.39 is 11.1 Å². The van der Waals surface area contributed by atoms with Crippen LogP contribution < -0.4 is 5.73 Å². The summed E-state index contributed by atoms with van der Waals surface area (Å²) in [6.07, 6.45) is 1.15. The van der Waals surface area contributed by atoms with Gasteiger partial charge in [-0.25, -0.2) is 4.39 Å². The van der Waals surface area contributed by atoms with Gasteiger partial charge in [-0.1, -0.05) is 6.07 Å². The standard InChI is InChI=1S/C7H4ClFO.C5H11NO2/c8-7(10)5-2-1-3-6(9)4-5;1-8-5(7)3-2-4-6/h1-4H;2-4,6H2,1H3. The van der Waals surface area contributed by atoms with E-state index in [2.05, 4.69) is 4.74 Å². The van der Waals surface area contributed by atoms with E-state index >= 15 is 0 Å². The Hall–Kier alpha value is -1.46. The van der Waals surface area contributed by atoms with Crippen LogP contribution >= 0.6 is 11.6 Å². The maximum atomic E-state index is 12.3. The van der Waals surface area contributed by atoms with Crippen LogP contribution in [0.25, 0.3) is 0 Å². The Kier molecular flexibility index (Phi) is 8.78.